The van der Waals surface area contributed by atoms with Gasteiger partial charge in [0, 0.05) is 24.4 Å². The Balaban J connectivity index is 2.14. The fourth-order valence-electron chi connectivity index (χ4n) is 2.21. The molecule has 28 heavy (non-hydrogen) atoms. The van der Waals surface area contributed by atoms with E-state index in [4.69, 9.17) is 23.2 Å². The number of hydrogen-bond acceptors (Lipinski definition) is 3. The predicted molar refractivity (Wildman–Crippen MR) is 102 cm³/mol. The molecule has 0 aliphatic carbocycles. The number of alkyl halides is 3. The molecular formula is C19H15Cl2F3N2O2. The lowest BCUT2D eigenvalue weighted by Gasteiger charge is -2.18. The molecule has 0 aromatic heterocycles. The lowest BCUT2D eigenvalue weighted by molar-refractivity contribution is -0.165. The number of halogens is 5. The van der Waals surface area contributed by atoms with Crippen LogP contribution in [0.2, 0.25) is 10.0 Å². The molecule has 1 atom stereocenters. The van der Waals surface area contributed by atoms with Gasteiger partial charge in [-0.1, -0.05) is 53.5 Å². The van der Waals surface area contributed by atoms with Crippen LogP contribution >= 0.6 is 23.2 Å². The monoisotopic (exact) mass is 430 g/mol. The Bertz CT molecular complexity index is 871. The van der Waals surface area contributed by atoms with Crippen LogP contribution in [-0.4, -0.2) is 23.9 Å². The summed E-state index contributed by atoms with van der Waals surface area (Å²) in [5.41, 5.74) is 1.15. The maximum absolute atomic E-state index is 12.6. The first-order chi connectivity index (χ1) is 13.2. The van der Waals surface area contributed by atoms with Gasteiger partial charge in [-0.2, -0.15) is 13.2 Å². The molecule has 0 bridgehead atoms. The Labute approximate surface area is 169 Å². The van der Waals surface area contributed by atoms with Crippen molar-refractivity contribution in [2.45, 2.75) is 18.6 Å². The number of benzene rings is 2. The number of carbonyl (C=O) groups excluding carboxylic acids is 2. The molecule has 1 amide bonds. The molecule has 0 saturated carbocycles. The van der Waals surface area contributed by atoms with E-state index in [-0.39, 0.29) is 11.4 Å². The first kappa shape index (κ1) is 21.8. The van der Waals surface area contributed by atoms with E-state index in [0.29, 0.717) is 16.8 Å². The van der Waals surface area contributed by atoms with Crippen molar-refractivity contribution in [1.82, 2.24) is 5.32 Å². The molecule has 0 aliphatic rings. The first-order valence-electron chi connectivity index (χ1n) is 8.00. The summed E-state index contributed by atoms with van der Waals surface area (Å²) in [4.78, 5) is 23.6. The van der Waals surface area contributed by atoms with Crippen LogP contribution in [0.5, 0.6) is 0 Å². The van der Waals surface area contributed by atoms with Crippen molar-refractivity contribution < 1.29 is 22.8 Å². The van der Waals surface area contributed by atoms with Gasteiger partial charge in [-0.3, -0.25) is 9.59 Å². The van der Waals surface area contributed by atoms with Crippen LogP contribution in [0.25, 0.3) is 0 Å². The minimum Gasteiger partial charge on any atom is -0.379 e. The zero-order valence-corrected chi connectivity index (χ0v) is 15.8. The van der Waals surface area contributed by atoms with E-state index in [2.05, 4.69) is 10.6 Å². The van der Waals surface area contributed by atoms with Gasteiger partial charge in [-0.05, 0) is 23.8 Å². The van der Waals surface area contributed by atoms with Gasteiger partial charge in [0.1, 0.15) is 6.04 Å². The van der Waals surface area contributed by atoms with Gasteiger partial charge in [0.15, 0.2) is 0 Å². The molecule has 0 heterocycles. The average Bonchev–Trinajstić information content (AvgIpc) is 2.64. The highest BCUT2D eigenvalue weighted by Gasteiger charge is 2.36. The molecule has 0 spiro atoms. The molecule has 2 aromatic carbocycles. The fraction of sp³-hybridized carbons (Fsp3) is 0.158. The van der Waals surface area contributed by atoms with Gasteiger partial charge in [0.25, 0.3) is 5.78 Å². The number of carbonyl (C=O) groups is 2. The van der Waals surface area contributed by atoms with Crippen LogP contribution in [0, 0.1) is 0 Å². The Kier molecular flexibility index (Phi) is 7.48. The maximum Gasteiger partial charge on any atom is 0.454 e. The van der Waals surface area contributed by atoms with Gasteiger partial charge >= 0.3 is 6.18 Å². The highest BCUT2D eigenvalue weighted by Crippen LogP contribution is 2.25. The third kappa shape index (κ3) is 6.58. The summed E-state index contributed by atoms with van der Waals surface area (Å²) in [5.74, 6) is -2.55. The highest BCUT2D eigenvalue weighted by molar-refractivity contribution is 6.42. The predicted octanol–water partition coefficient (Wildman–Crippen LogP) is 4.78. The lowest BCUT2D eigenvalue weighted by Crippen LogP contribution is -2.39. The molecule has 0 radical (unpaired) electrons. The third-order valence-electron chi connectivity index (χ3n) is 3.60. The SMILES string of the molecule is O=C(Nc1ccc(Cl)c(Cl)c1)C(Cc1ccccc1)N/C=C/C(=O)C(F)(F)F. The molecule has 1 unspecified atom stereocenters. The van der Waals surface area contributed by atoms with E-state index in [1.807, 2.05) is 0 Å². The Morgan fingerprint density at radius 3 is 2.32 bits per heavy atom. The molecule has 4 nitrogen and oxygen atoms in total. The maximum atomic E-state index is 12.6. The molecule has 2 N–H and O–H groups in total. The molecule has 0 aliphatic heterocycles. The summed E-state index contributed by atoms with van der Waals surface area (Å²) in [6.45, 7) is 0. The van der Waals surface area contributed by atoms with E-state index in [0.717, 1.165) is 11.8 Å². The summed E-state index contributed by atoms with van der Waals surface area (Å²) in [6, 6.07) is 12.4. The van der Waals surface area contributed by atoms with Crippen LogP contribution in [-0.2, 0) is 16.0 Å². The summed E-state index contributed by atoms with van der Waals surface area (Å²) >= 11 is 11.7. The number of nitrogens with one attached hydrogen (secondary N) is 2. The first-order valence-corrected chi connectivity index (χ1v) is 8.76. The van der Waals surface area contributed by atoms with Crippen molar-refractivity contribution in [2.75, 3.05) is 5.32 Å². The summed E-state index contributed by atoms with van der Waals surface area (Å²) < 4.78 is 36.9. The van der Waals surface area contributed by atoms with E-state index in [1.165, 1.54) is 18.2 Å². The van der Waals surface area contributed by atoms with Gasteiger partial charge in [0.05, 0.1) is 10.0 Å². The molecule has 9 heteroatoms. The number of hydrogen-bond donors (Lipinski definition) is 2. The van der Waals surface area contributed by atoms with Crippen molar-refractivity contribution in [2.24, 2.45) is 0 Å². The van der Waals surface area contributed by atoms with Crippen molar-refractivity contribution in [3.63, 3.8) is 0 Å². The average molecular weight is 431 g/mol. The van der Waals surface area contributed by atoms with E-state index < -0.39 is 23.9 Å². The Morgan fingerprint density at radius 2 is 1.71 bits per heavy atom. The minimum absolute atomic E-state index is 0.179. The summed E-state index contributed by atoms with van der Waals surface area (Å²) in [7, 11) is 0. The second kappa shape index (κ2) is 9.61. The van der Waals surface area contributed by atoms with E-state index in [1.54, 1.807) is 30.3 Å². The van der Waals surface area contributed by atoms with Crippen molar-refractivity contribution in [3.8, 4) is 0 Å². The molecule has 2 rings (SSSR count). The van der Waals surface area contributed by atoms with Crippen LogP contribution in [0.4, 0.5) is 18.9 Å². The number of rotatable bonds is 7. The van der Waals surface area contributed by atoms with Gasteiger partial charge in [0.2, 0.25) is 5.91 Å². The summed E-state index contributed by atoms with van der Waals surface area (Å²) in [6.07, 6.45) is -3.64. The lowest BCUT2D eigenvalue weighted by atomic mass is 10.1. The van der Waals surface area contributed by atoms with Crippen LogP contribution < -0.4 is 10.6 Å². The Morgan fingerprint density at radius 1 is 1.04 bits per heavy atom. The van der Waals surface area contributed by atoms with E-state index >= 15 is 0 Å². The fourth-order valence-corrected chi connectivity index (χ4v) is 2.51. The van der Waals surface area contributed by atoms with Crippen LogP contribution in [0.3, 0.4) is 0 Å². The number of amides is 1. The normalized spacial score (nSPS) is 12.6. The highest BCUT2D eigenvalue weighted by atomic mass is 35.5. The second-order valence-corrected chi connectivity index (χ2v) is 6.54. The summed E-state index contributed by atoms with van der Waals surface area (Å²) in [5, 5.41) is 5.71. The van der Waals surface area contributed by atoms with Gasteiger partial charge in [-0.25, -0.2) is 0 Å². The molecule has 0 saturated heterocycles. The van der Waals surface area contributed by atoms with Gasteiger partial charge in [-0.15, -0.1) is 0 Å². The number of ketones is 1. The van der Waals surface area contributed by atoms with Gasteiger partial charge < -0.3 is 10.6 Å². The third-order valence-corrected chi connectivity index (χ3v) is 4.34. The van der Waals surface area contributed by atoms with Crippen LogP contribution in [0.15, 0.2) is 60.8 Å². The number of allylic oxidation sites excluding steroid dienone is 1. The Hall–Kier alpha value is -2.51. The zero-order chi connectivity index (χ0) is 20.7. The molecule has 148 valence electrons. The second-order valence-electron chi connectivity index (χ2n) is 5.72. The van der Waals surface area contributed by atoms with E-state index in [9.17, 15) is 22.8 Å². The van der Waals surface area contributed by atoms with Crippen molar-refractivity contribution in [1.29, 1.82) is 0 Å². The molecule has 2 aromatic rings. The van der Waals surface area contributed by atoms with Crippen LogP contribution in [0.1, 0.15) is 5.56 Å². The molecular weight excluding hydrogens is 416 g/mol. The quantitative estimate of drug-likeness (QED) is 0.621. The van der Waals surface area contributed by atoms with Crippen molar-refractivity contribution >= 4 is 40.6 Å². The largest absolute Gasteiger partial charge is 0.454 e. The smallest absolute Gasteiger partial charge is 0.379 e. The zero-order valence-electron chi connectivity index (χ0n) is 14.3. The molecule has 0 fully saturated rings. The minimum atomic E-state index is -4.98. The van der Waals surface area contributed by atoms with Crippen molar-refractivity contribution in [3.05, 3.63) is 76.4 Å². The topological polar surface area (TPSA) is 58.2 Å². The number of anilines is 1. The standard InChI is InChI=1S/C19H15Cl2F3N2O2/c20-14-7-6-13(11-15(14)21)26-18(28)16(10-12-4-2-1-3-5-12)25-9-8-17(27)19(22,23)24/h1-9,11,16,25H,10H2,(H,26,28)/b9-8+.